The van der Waals surface area contributed by atoms with E-state index in [-0.39, 0.29) is 5.56 Å². The maximum Gasteiger partial charge on any atom is 0.288 e. The Kier molecular flexibility index (Phi) is 2.98. The predicted octanol–water partition coefficient (Wildman–Crippen LogP) is 3.15. The second kappa shape index (κ2) is 4.13. The lowest BCUT2D eigenvalue weighted by Gasteiger charge is -2.25. The van der Waals surface area contributed by atoms with Crippen molar-refractivity contribution in [2.45, 2.75) is 38.7 Å². The smallest absolute Gasteiger partial charge is 0.288 e. The zero-order chi connectivity index (χ0) is 11.8. The Morgan fingerprint density at radius 2 is 2.06 bits per heavy atom. The second-order valence-corrected chi connectivity index (χ2v) is 4.59. The van der Waals surface area contributed by atoms with Crippen molar-refractivity contribution in [1.29, 1.82) is 0 Å². The molecule has 1 aliphatic rings. The van der Waals surface area contributed by atoms with Crippen LogP contribution in [0.25, 0.3) is 0 Å². The third kappa shape index (κ3) is 1.96. The Labute approximate surface area is 94.9 Å². The number of aryl methyl sites for hydroxylation is 2. The molecule has 1 aromatic carbocycles. The quantitative estimate of drug-likeness (QED) is 0.815. The van der Waals surface area contributed by atoms with E-state index in [1.807, 2.05) is 13.0 Å². The van der Waals surface area contributed by atoms with Crippen molar-refractivity contribution in [2.75, 3.05) is 6.54 Å². The van der Waals surface area contributed by atoms with Gasteiger partial charge in [0.2, 0.25) is 0 Å². The molecule has 1 aromatic rings. The van der Waals surface area contributed by atoms with Crippen LogP contribution in [0.2, 0.25) is 0 Å². The van der Waals surface area contributed by atoms with Crippen LogP contribution < -0.4 is 5.32 Å². The first-order chi connectivity index (χ1) is 7.51. The Bertz CT molecular complexity index is 382. The van der Waals surface area contributed by atoms with Gasteiger partial charge in [-0.15, -0.1) is 0 Å². The summed E-state index contributed by atoms with van der Waals surface area (Å²) in [5.74, 6) is -2.76. The van der Waals surface area contributed by atoms with Gasteiger partial charge in [0, 0.05) is 5.56 Å². The van der Waals surface area contributed by atoms with E-state index in [4.69, 9.17) is 0 Å². The molecule has 16 heavy (non-hydrogen) atoms. The molecule has 1 N–H and O–H groups in total. The van der Waals surface area contributed by atoms with E-state index in [0.717, 1.165) is 12.0 Å². The van der Waals surface area contributed by atoms with Crippen LogP contribution in [0.15, 0.2) is 18.2 Å². The highest BCUT2D eigenvalue weighted by Gasteiger charge is 2.43. The summed E-state index contributed by atoms with van der Waals surface area (Å²) in [6.45, 7) is 4.30. The minimum absolute atomic E-state index is 0.173. The third-order valence-corrected chi connectivity index (χ3v) is 3.25. The molecule has 1 unspecified atom stereocenters. The zero-order valence-electron chi connectivity index (χ0n) is 9.69. The molecule has 0 amide bonds. The molecule has 1 atom stereocenters. The average Bonchev–Trinajstić information content (AvgIpc) is 2.75. The summed E-state index contributed by atoms with van der Waals surface area (Å²) in [4.78, 5) is 0. The largest absolute Gasteiger partial charge is 0.308 e. The van der Waals surface area contributed by atoms with Crippen molar-refractivity contribution in [3.63, 3.8) is 0 Å². The minimum atomic E-state index is -2.76. The van der Waals surface area contributed by atoms with Crippen molar-refractivity contribution < 1.29 is 8.78 Å². The van der Waals surface area contributed by atoms with Gasteiger partial charge in [0.1, 0.15) is 0 Å². The summed E-state index contributed by atoms with van der Waals surface area (Å²) in [6.07, 6.45) is 1.39. The van der Waals surface area contributed by atoms with E-state index in [0.29, 0.717) is 18.5 Å². The van der Waals surface area contributed by atoms with Crippen molar-refractivity contribution in [2.24, 2.45) is 0 Å². The molecule has 0 bridgehead atoms. The van der Waals surface area contributed by atoms with Crippen LogP contribution in [0.4, 0.5) is 8.78 Å². The van der Waals surface area contributed by atoms with Crippen LogP contribution in [-0.4, -0.2) is 12.6 Å². The molecule has 1 fully saturated rings. The molecular weight excluding hydrogens is 208 g/mol. The normalized spacial score (nSPS) is 21.4. The highest BCUT2D eigenvalue weighted by molar-refractivity contribution is 5.35. The van der Waals surface area contributed by atoms with Crippen molar-refractivity contribution in [1.82, 2.24) is 5.32 Å². The van der Waals surface area contributed by atoms with Crippen LogP contribution in [-0.2, 0) is 5.92 Å². The first kappa shape index (κ1) is 11.5. The summed E-state index contributed by atoms with van der Waals surface area (Å²) >= 11 is 0. The third-order valence-electron chi connectivity index (χ3n) is 3.25. The van der Waals surface area contributed by atoms with Crippen LogP contribution >= 0.6 is 0 Å². The van der Waals surface area contributed by atoms with E-state index < -0.39 is 12.0 Å². The second-order valence-electron chi connectivity index (χ2n) is 4.59. The van der Waals surface area contributed by atoms with E-state index in [1.165, 1.54) is 0 Å². The molecule has 0 radical (unpaired) electrons. The molecule has 0 spiro atoms. The number of hydrogen-bond donors (Lipinski definition) is 1. The molecule has 1 aliphatic heterocycles. The number of nitrogens with one attached hydrogen (secondary N) is 1. The van der Waals surface area contributed by atoms with Gasteiger partial charge in [-0.3, -0.25) is 0 Å². The molecular formula is C13H17F2N. The fraction of sp³-hybridized carbons (Fsp3) is 0.538. The molecule has 1 nitrogen and oxygen atoms in total. The van der Waals surface area contributed by atoms with Gasteiger partial charge >= 0.3 is 0 Å². The summed E-state index contributed by atoms with van der Waals surface area (Å²) in [7, 11) is 0. The maximum atomic E-state index is 14.2. The number of hydrogen-bond acceptors (Lipinski definition) is 1. The van der Waals surface area contributed by atoms with Crippen molar-refractivity contribution >= 4 is 0 Å². The van der Waals surface area contributed by atoms with Gasteiger partial charge in [0.15, 0.2) is 0 Å². The Morgan fingerprint density at radius 1 is 1.31 bits per heavy atom. The number of rotatable bonds is 2. The van der Waals surface area contributed by atoms with Gasteiger partial charge in [-0.25, -0.2) is 0 Å². The lowest BCUT2D eigenvalue weighted by molar-refractivity contribution is -0.0382. The molecule has 3 heteroatoms. The SMILES string of the molecule is Cc1ccc(C)c(C(F)(F)C2CCCN2)c1. The molecule has 88 valence electrons. The van der Waals surface area contributed by atoms with Crippen LogP contribution in [0.5, 0.6) is 0 Å². The van der Waals surface area contributed by atoms with Crippen LogP contribution in [0, 0.1) is 13.8 Å². The molecule has 0 aliphatic carbocycles. The number of alkyl halides is 2. The Balaban J connectivity index is 2.37. The van der Waals surface area contributed by atoms with Crippen molar-refractivity contribution in [3.8, 4) is 0 Å². The van der Waals surface area contributed by atoms with Gasteiger partial charge in [0.05, 0.1) is 6.04 Å². The maximum absolute atomic E-state index is 14.2. The first-order valence-electron chi connectivity index (χ1n) is 5.71. The van der Waals surface area contributed by atoms with Gasteiger partial charge in [-0.2, -0.15) is 8.78 Å². The molecule has 2 rings (SSSR count). The van der Waals surface area contributed by atoms with Gasteiger partial charge in [0.25, 0.3) is 5.92 Å². The fourth-order valence-electron chi connectivity index (χ4n) is 2.28. The van der Waals surface area contributed by atoms with E-state index >= 15 is 0 Å². The Hall–Kier alpha value is -0.960. The summed E-state index contributed by atoms with van der Waals surface area (Å²) in [6, 6.07) is 4.55. The summed E-state index contributed by atoms with van der Waals surface area (Å²) in [5.41, 5.74) is 1.73. The fourth-order valence-corrected chi connectivity index (χ4v) is 2.28. The lowest BCUT2D eigenvalue weighted by atomic mass is 9.94. The molecule has 0 saturated carbocycles. The number of halogens is 2. The summed E-state index contributed by atoms with van der Waals surface area (Å²) < 4.78 is 28.5. The average molecular weight is 225 g/mol. The van der Waals surface area contributed by atoms with Gasteiger partial charge in [-0.05, 0) is 44.9 Å². The Morgan fingerprint density at radius 3 is 2.69 bits per heavy atom. The van der Waals surface area contributed by atoms with Gasteiger partial charge in [-0.1, -0.05) is 17.7 Å². The van der Waals surface area contributed by atoms with Gasteiger partial charge < -0.3 is 5.32 Å². The molecule has 0 aromatic heterocycles. The van der Waals surface area contributed by atoms with E-state index in [1.54, 1.807) is 19.1 Å². The van der Waals surface area contributed by atoms with E-state index in [9.17, 15) is 8.78 Å². The zero-order valence-corrected chi connectivity index (χ0v) is 9.69. The highest BCUT2D eigenvalue weighted by atomic mass is 19.3. The van der Waals surface area contributed by atoms with Crippen LogP contribution in [0.1, 0.15) is 29.5 Å². The first-order valence-corrected chi connectivity index (χ1v) is 5.71. The topological polar surface area (TPSA) is 12.0 Å². The predicted molar refractivity (Wildman–Crippen MR) is 60.8 cm³/mol. The summed E-state index contributed by atoms with van der Waals surface area (Å²) in [5, 5.41) is 2.89. The molecule has 1 heterocycles. The minimum Gasteiger partial charge on any atom is -0.308 e. The standard InChI is InChI=1S/C13H17F2N/c1-9-5-6-10(2)11(8-9)13(14,15)12-4-3-7-16-12/h5-6,8,12,16H,3-4,7H2,1-2H3. The number of benzene rings is 1. The van der Waals surface area contributed by atoms with Crippen molar-refractivity contribution in [3.05, 3.63) is 34.9 Å². The van der Waals surface area contributed by atoms with Crippen LogP contribution in [0.3, 0.4) is 0 Å². The molecule has 1 saturated heterocycles. The lowest BCUT2D eigenvalue weighted by Crippen LogP contribution is -2.39. The monoisotopic (exact) mass is 225 g/mol. The van der Waals surface area contributed by atoms with E-state index in [2.05, 4.69) is 5.32 Å². The highest BCUT2D eigenvalue weighted by Crippen LogP contribution is 2.37.